The maximum absolute atomic E-state index is 11.5. The molecule has 0 bridgehead atoms. The van der Waals surface area contributed by atoms with E-state index >= 15 is 0 Å². The Morgan fingerprint density at radius 1 is 1.25 bits per heavy atom. The molecule has 20 heavy (non-hydrogen) atoms. The first-order valence-electron chi connectivity index (χ1n) is 6.18. The second-order valence-electron chi connectivity index (χ2n) is 4.59. The van der Waals surface area contributed by atoms with Gasteiger partial charge in [0.15, 0.2) is 0 Å². The molecule has 2 rings (SSSR count). The maximum atomic E-state index is 11.5. The van der Waals surface area contributed by atoms with Crippen molar-refractivity contribution in [2.75, 3.05) is 11.1 Å². The summed E-state index contributed by atoms with van der Waals surface area (Å²) < 4.78 is 0.879. The Balaban J connectivity index is 2.29. The third-order valence-corrected chi connectivity index (χ3v) is 3.52. The Bertz CT molecular complexity index is 643. The van der Waals surface area contributed by atoms with Crippen molar-refractivity contribution in [2.45, 2.75) is 13.0 Å². The zero-order valence-corrected chi connectivity index (χ0v) is 12.6. The molecule has 0 aliphatic rings. The van der Waals surface area contributed by atoms with E-state index in [1.165, 1.54) is 0 Å². The van der Waals surface area contributed by atoms with E-state index in [1.54, 1.807) is 12.1 Å². The normalized spacial score (nSPS) is 11.9. The number of nitrogens with two attached hydrogens (primary N) is 2. The minimum atomic E-state index is -0.459. The number of rotatable bonds is 4. The molecule has 1 amide bonds. The fourth-order valence-corrected chi connectivity index (χ4v) is 2.36. The van der Waals surface area contributed by atoms with Crippen LogP contribution in [-0.4, -0.2) is 5.91 Å². The number of nitrogens with one attached hydrogen (secondary N) is 1. The van der Waals surface area contributed by atoms with Crippen LogP contribution in [0, 0.1) is 0 Å². The number of carbonyl (C=O) groups is 1. The highest BCUT2D eigenvalue weighted by atomic mass is 79.9. The zero-order valence-electron chi connectivity index (χ0n) is 11.1. The Hall–Kier alpha value is -2.01. The van der Waals surface area contributed by atoms with Gasteiger partial charge >= 0.3 is 0 Å². The van der Waals surface area contributed by atoms with Crippen LogP contribution in [0.2, 0.25) is 0 Å². The summed E-state index contributed by atoms with van der Waals surface area (Å²) in [7, 11) is 0. The van der Waals surface area contributed by atoms with Gasteiger partial charge in [-0.1, -0.05) is 28.1 Å². The van der Waals surface area contributed by atoms with Gasteiger partial charge in [0.2, 0.25) is 0 Å². The number of primary amides is 1. The minimum Gasteiger partial charge on any atom is -0.399 e. The van der Waals surface area contributed by atoms with Gasteiger partial charge in [0.05, 0.1) is 5.56 Å². The predicted octanol–water partition coefficient (Wildman–Crippen LogP) is 3.30. The quantitative estimate of drug-likeness (QED) is 0.751. The van der Waals surface area contributed by atoms with Gasteiger partial charge in [-0.2, -0.15) is 0 Å². The molecule has 4 nitrogen and oxygen atoms in total. The molecule has 1 atom stereocenters. The van der Waals surface area contributed by atoms with Crippen LogP contribution in [0.1, 0.15) is 28.9 Å². The molecular weight excluding hydrogens is 318 g/mol. The number of anilines is 2. The third kappa shape index (κ3) is 3.30. The van der Waals surface area contributed by atoms with Gasteiger partial charge in [0.1, 0.15) is 0 Å². The molecular formula is C15H16BrN3O. The standard InChI is InChI=1S/C15H16BrN3O/c1-9(10-3-2-4-12(17)7-10)19-14-8-11(16)5-6-13(14)15(18)20/h2-9,19H,17H2,1H3,(H2,18,20). The van der Waals surface area contributed by atoms with E-state index in [9.17, 15) is 4.79 Å². The summed E-state index contributed by atoms with van der Waals surface area (Å²) in [5.74, 6) is -0.459. The summed E-state index contributed by atoms with van der Waals surface area (Å²) in [6.45, 7) is 2.00. The summed E-state index contributed by atoms with van der Waals surface area (Å²) in [4.78, 5) is 11.5. The molecule has 0 radical (unpaired) electrons. The van der Waals surface area contributed by atoms with E-state index in [4.69, 9.17) is 11.5 Å². The van der Waals surface area contributed by atoms with Crippen molar-refractivity contribution >= 4 is 33.2 Å². The number of halogens is 1. The molecule has 0 aromatic heterocycles. The van der Waals surface area contributed by atoms with E-state index in [2.05, 4.69) is 21.2 Å². The topological polar surface area (TPSA) is 81.1 Å². The Kier molecular flexibility index (Phi) is 4.29. The van der Waals surface area contributed by atoms with E-state index in [-0.39, 0.29) is 6.04 Å². The number of benzene rings is 2. The SMILES string of the molecule is CC(Nc1cc(Br)ccc1C(N)=O)c1cccc(N)c1. The zero-order chi connectivity index (χ0) is 14.7. The van der Waals surface area contributed by atoms with Gasteiger partial charge < -0.3 is 16.8 Å². The fourth-order valence-electron chi connectivity index (χ4n) is 2.00. The number of amides is 1. The molecule has 0 saturated heterocycles. The third-order valence-electron chi connectivity index (χ3n) is 3.03. The van der Waals surface area contributed by atoms with Crippen molar-refractivity contribution in [2.24, 2.45) is 5.73 Å². The van der Waals surface area contributed by atoms with E-state index in [0.717, 1.165) is 10.0 Å². The molecule has 2 aromatic rings. The Morgan fingerprint density at radius 3 is 2.65 bits per heavy atom. The fraction of sp³-hybridized carbons (Fsp3) is 0.133. The van der Waals surface area contributed by atoms with E-state index < -0.39 is 5.91 Å². The summed E-state index contributed by atoms with van der Waals surface area (Å²) in [5, 5.41) is 3.29. The highest BCUT2D eigenvalue weighted by Gasteiger charge is 2.12. The maximum Gasteiger partial charge on any atom is 0.250 e. The Labute approximate surface area is 126 Å². The summed E-state index contributed by atoms with van der Waals surface area (Å²) in [6, 6.07) is 12.9. The van der Waals surface area contributed by atoms with Gasteiger partial charge in [-0.05, 0) is 42.8 Å². The van der Waals surface area contributed by atoms with E-state index in [0.29, 0.717) is 16.9 Å². The number of hydrogen-bond donors (Lipinski definition) is 3. The average molecular weight is 334 g/mol. The van der Waals surface area contributed by atoms with Gasteiger partial charge in [0.25, 0.3) is 5.91 Å². The second-order valence-corrected chi connectivity index (χ2v) is 5.51. The molecule has 0 fully saturated rings. The molecule has 1 unspecified atom stereocenters. The molecule has 0 saturated carbocycles. The van der Waals surface area contributed by atoms with Crippen LogP contribution in [0.25, 0.3) is 0 Å². The summed E-state index contributed by atoms with van der Waals surface area (Å²) in [5.41, 5.74) is 14.1. The van der Waals surface area contributed by atoms with Crippen LogP contribution in [0.3, 0.4) is 0 Å². The van der Waals surface area contributed by atoms with Crippen molar-refractivity contribution in [3.8, 4) is 0 Å². The number of hydrogen-bond acceptors (Lipinski definition) is 3. The number of carbonyl (C=O) groups excluding carboxylic acids is 1. The van der Waals surface area contributed by atoms with Crippen LogP contribution in [0.15, 0.2) is 46.9 Å². The highest BCUT2D eigenvalue weighted by molar-refractivity contribution is 9.10. The smallest absolute Gasteiger partial charge is 0.250 e. The van der Waals surface area contributed by atoms with Crippen molar-refractivity contribution in [3.05, 3.63) is 58.1 Å². The lowest BCUT2D eigenvalue weighted by atomic mass is 10.1. The van der Waals surface area contributed by atoms with Crippen molar-refractivity contribution in [3.63, 3.8) is 0 Å². The lowest BCUT2D eigenvalue weighted by Gasteiger charge is -2.18. The van der Waals surface area contributed by atoms with Crippen LogP contribution in [0.5, 0.6) is 0 Å². The monoisotopic (exact) mass is 333 g/mol. The van der Waals surface area contributed by atoms with Crippen LogP contribution < -0.4 is 16.8 Å². The molecule has 5 N–H and O–H groups in total. The molecule has 104 valence electrons. The van der Waals surface area contributed by atoms with Gasteiger partial charge in [-0.25, -0.2) is 0 Å². The lowest BCUT2D eigenvalue weighted by Crippen LogP contribution is -2.16. The second kappa shape index (κ2) is 5.96. The predicted molar refractivity (Wildman–Crippen MR) is 85.6 cm³/mol. The first kappa shape index (κ1) is 14.4. The number of nitrogen functional groups attached to an aromatic ring is 1. The first-order chi connectivity index (χ1) is 9.47. The first-order valence-corrected chi connectivity index (χ1v) is 6.98. The van der Waals surface area contributed by atoms with Crippen LogP contribution in [0.4, 0.5) is 11.4 Å². The minimum absolute atomic E-state index is 0.00546. The van der Waals surface area contributed by atoms with E-state index in [1.807, 2.05) is 37.3 Å². The van der Waals surface area contributed by atoms with Crippen LogP contribution >= 0.6 is 15.9 Å². The summed E-state index contributed by atoms with van der Waals surface area (Å²) >= 11 is 3.39. The van der Waals surface area contributed by atoms with Gasteiger partial charge in [0, 0.05) is 21.9 Å². The average Bonchev–Trinajstić information content (AvgIpc) is 2.38. The van der Waals surface area contributed by atoms with Crippen LogP contribution in [-0.2, 0) is 0 Å². The van der Waals surface area contributed by atoms with Crippen molar-refractivity contribution < 1.29 is 4.79 Å². The van der Waals surface area contributed by atoms with Crippen molar-refractivity contribution in [1.82, 2.24) is 0 Å². The molecule has 5 heteroatoms. The summed E-state index contributed by atoms with van der Waals surface area (Å²) in [6.07, 6.45) is 0. The molecule has 0 aliphatic heterocycles. The Morgan fingerprint density at radius 2 is 2.00 bits per heavy atom. The van der Waals surface area contributed by atoms with Gasteiger partial charge in [-0.15, -0.1) is 0 Å². The molecule has 0 heterocycles. The highest BCUT2D eigenvalue weighted by Crippen LogP contribution is 2.26. The molecule has 0 aliphatic carbocycles. The largest absolute Gasteiger partial charge is 0.399 e. The van der Waals surface area contributed by atoms with Crippen molar-refractivity contribution in [1.29, 1.82) is 0 Å². The molecule has 2 aromatic carbocycles. The lowest BCUT2D eigenvalue weighted by molar-refractivity contribution is 0.100. The van der Waals surface area contributed by atoms with Gasteiger partial charge in [-0.3, -0.25) is 4.79 Å². The molecule has 0 spiro atoms.